The Bertz CT molecular complexity index is 618. The maximum atomic E-state index is 11.3. The van der Waals surface area contributed by atoms with Gasteiger partial charge in [-0.25, -0.2) is 9.48 Å². The molecule has 1 aromatic carbocycles. The summed E-state index contributed by atoms with van der Waals surface area (Å²) in [6.07, 6.45) is 0. The fourth-order valence-electron chi connectivity index (χ4n) is 1.77. The monoisotopic (exact) mass is 298 g/mol. The van der Waals surface area contributed by atoms with Crippen LogP contribution in [0.25, 0.3) is 5.69 Å². The molecule has 0 bridgehead atoms. The van der Waals surface area contributed by atoms with Crippen molar-refractivity contribution in [3.05, 3.63) is 45.7 Å². The summed E-state index contributed by atoms with van der Waals surface area (Å²) in [7, 11) is 0. The number of benzene rings is 1. The lowest BCUT2D eigenvalue weighted by Crippen LogP contribution is -2.01. The van der Waals surface area contributed by atoms with E-state index in [2.05, 4.69) is 5.10 Å². The highest BCUT2D eigenvalue weighted by Gasteiger charge is 2.24. The topological polar surface area (TPSA) is 55.1 Å². The largest absolute Gasteiger partial charge is 0.478 e. The standard InChI is InChI=1S/C13H12Cl2N2O2/c1-7(2)11-10(13(18)19)12(15)17(16-11)9-5-3-8(14)4-6-9/h3-7H,1-2H3,(H,18,19). The van der Waals surface area contributed by atoms with Gasteiger partial charge in [-0.1, -0.05) is 37.0 Å². The van der Waals surface area contributed by atoms with Crippen molar-refractivity contribution < 1.29 is 9.90 Å². The number of aromatic nitrogens is 2. The fourth-order valence-corrected chi connectivity index (χ4v) is 2.21. The second-order valence-corrected chi connectivity index (χ2v) is 5.19. The molecule has 0 spiro atoms. The van der Waals surface area contributed by atoms with Crippen LogP contribution in [0.2, 0.25) is 10.2 Å². The molecule has 2 rings (SSSR count). The summed E-state index contributed by atoms with van der Waals surface area (Å²) in [5.74, 6) is -1.11. The van der Waals surface area contributed by atoms with Crippen molar-refractivity contribution in [2.45, 2.75) is 19.8 Å². The molecule has 0 amide bonds. The molecular formula is C13H12Cl2N2O2. The lowest BCUT2D eigenvalue weighted by molar-refractivity contribution is 0.0695. The van der Waals surface area contributed by atoms with Gasteiger partial charge in [0, 0.05) is 5.02 Å². The molecule has 0 aliphatic heterocycles. The average molecular weight is 299 g/mol. The first-order valence-electron chi connectivity index (χ1n) is 5.69. The van der Waals surface area contributed by atoms with Gasteiger partial charge in [0.1, 0.15) is 10.7 Å². The molecule has 0 saturated heterocycles. The molecule has 1 aromatic heterocycles. The minimum absolute atomic E-state index is 0.0304. The van der Waals surface area contributed by atoms with E-state index < -0.39 is 5.97 Å². The molecule has 6 heteroatoms. The maximum Gasteiger partial charge on any atom is 0.340 e. The molecule has 1 heterocycles. The van der Waals surface area contributed by atoms with Gasteiger partial charge in [0.25, 0.3) is 0 Å². The molecule has 100 valence electrons. The first-order chi connectivity index (χ1) is 8.91. The van der Waals surface area contributed by atoms with Crippen molar-refractivity contribution in [3.63, 3.8) is 0 Å². The Morgan fingerprint density at radius 2 is 1.84 bits per heavy atom. The van der Waals surface area contributed by atoms with Crippen LogP contribution < -0.4 is 0 Å². The van der Waals surface area contributed by atoms with E-state index in [1.807, 2.05) is 13.8 Å². The van der Waals surface area contributed by atoms with E-state index in [-0.39, 0.29) is 16.6 Å². The molecule has 0 saturated carbocycles. The van der Waals surface area contributed by atoms with E-state index in [0.29, 0.717) is 16.4 Å². The predicted octanol–water partition coefficient (Wildman–Crippen LogP) is 4.00. The Balaban J connectivity index is 2.62. The maximum absolute atomic E-state index is 11.3. The number of carboxylic acids is 1. The normalized spacial score (nSPS) is 11.0. The van der Waals surface area contributed by atoms with Gasteiger partial charge in [-0.05, 0) is 30.2 Å². The van der Waals surface area contributed by atoms with Crippen molar-refractivity contribution in [3.8, 4) is 5.69 Å². The zero-order chi connectivity index (χ0) is 14.2. The van der Waals surface area contributed by atoms with Gasteiger partial charge in [0.15, 0.2) is 0 Å². The van der Waals surface area contributed by atoms with Gasteiger partial charge in [-0.15, -0.1) is 0 Å². The van der Waals surface area contributed by atoms with E-state index in [9.17, 15) is 9.90 Å². The Labute approximate surface area is 120 Å². The first-order valence-corrected chi connectivity index (χ1v) is 6.45. The zero-order valence-electron chi connectivity index (χ0n) is 10.4. The summed E-state index contributed by atoms with van der Waals surface area (Å²) in [4.78, 5) is 11.3. The second-order valence-electron chi connectivity index (χ2n) is 4.40. The number of rotatable bonds is 3. The molecule has 1 N–H and O–H groups in total. The molecule has 4 nitrogen and oxygen atoms in total. The van der Waals surface area contributed by atoms with Gasteiger partial charge in [-0.3, -0.25) is 0 Å². The second kappa shape index (κ2) is 5.23. The Kier molecular flexibility index (Phi) is 3.83. The van der Waals surface area contributed by atoms with Crippen molar-refractivity contribution in [2.75, 3.05) is 0 Å². The molecule has 0 aliphatic carbocycles. The van der Waals surface area contributed by atoms with Crippen LogP contribution in [-0.2, 0) is 0 Å². The number of halogens is 2. The third-order valence-corrected chi connectivity index (χ3v) is 3.29. The lowest BCUT2D eigenvalue weighted by Gasteiger charge is -2.03. The molecule has 0 radical (unpaired) electrons. The summed E-state index contributed by atoms with van der Waals surface area (Å²) in [6.45, 7) is 3.74. The van der Waals surface area contributed by atoms with E-state index >= 15 is 0 Å². The molecule has 0 fully saturated rings. The first kappa shape index (κ1) is 13.9. The van der Waals surface area contributed by atoms with Crippen molar-refractivity contribution >= 4 is 29.2 Å². The molecule has 2 aromatic rings. The Morgan fingerprint density at radius 3 is 2.26 bits per heavy atom. The van der Waals surface area contributed by atoms with Crippen LogP contribution in [0.5, 0.6) is 0 Å². The summed E-state index contributed by atoms with van der Waals surface area (Å²) >= 11 is 11.9. The lowest BCUT2D eigenvalue weighted by atomic mass is 10.1. The SMILES string of the molecule is CC(C)c1nn(-c2ccc(Cl)cc2)c(Cl)c1C(=O)O. The van der Waals surface area contributed by atoms with Gasteiger partial charge in [-0.2, -0.15) is 5.10 Å². The minimum Gasteiger partial charge on any atom is -0.478 e. The Morgan fingerprint density at radius 1 is 1.26 bits per heavy atom. The van der Waals surface area contributed by atoms with E-state index in [1.165, 1.54) is 4.68 Å². The van der Waals surface area contributed by atoms with Crippen molar-refractivity contribution in [1.82, 2.24) is 9.78 Å². The summed E-state index contributed by atoms with van der Waals surface area (Å²) in [5, 5.41) is 14.2. The predicted molar refractivity (Wildman–Crippen MR) is 74.6 cm³/mol. The van der Waals surface area contributed by atoms with Crippen molar-refractivity contribution in [1.29, 1.82) is 0 Å². The number of aromatic carboxylic acids is 1. The van der Waals surface area contributed by atoms with Gasteiger partial charge in [0.05, 0.1) is 11.4 Å². The molecule has 0 aliphatic rings. The third-order valence-electron chi connectivity index (χ3n) is 2.69. The number of hydrogen-bond acceptors (Lipinski definition) is 2. The average Bonchev–Trinajstić information content (AvgIpc) is 2.68. The van der Waals surface area contributed by atoms with Gasteiger partial charge < -0.3 is 5.11 Å². The fraction of sp³-hybridized carbons (Fsp3) is 0.231. The minimum atomic E-state index is -1.08. The highest BCUT2D eigenvalue weighted by atomic mass is 35.5. The van der Waals surface area contributed by atoms with Crippen LogP contribution >= 0.6 is 23.2 Å². The number of carboxylic acid groups (broad SMARTS) is 1. The van der Waals surface area contributed by atoms with E-state index in [4.69, 9.17) is 23.2 Å². The zero-order valence-corrected chi connectivity index (χ0v) is 11.9. The summed E-state index contributed by atoms with van der Waals surface area (Å²) in [5.41, 5.74) is 1.18. The molecular weight excluding hydrogens is 287 g/mol. The quantitative estimate of drug-likeness (QED) is 0.932. The van der Waals surface area contributed by atoms with Crippen LogP contribution in [0, 0.1) is 0 Å². The van der Waals surface area contributed by atoms with Crippen molar-refractivity contribution in [2.24, 2.45) is 0 Å². The number of carbonyl (C=O) groups is 1. The number of hydrogen-bond donors (Lipinski definition) is 1. The molecule has 19 heavy (non-hydrogen) atoms. The summed E-state index contributed by atoms with van der Waals surface area (Å²) < 4.78 is 1.41. The number of nitrogens with zero attached hydrogens (tertiary/aromatic N) is 2. The molecule has 0 atom stereocenters. The van der Waals surface area contributed by atoms with Crippen LogP contribution in [0.3, 0.4) is 0 Å². The highest BCUT2D eigenvalue weighted by Crippen LogP contribution is 2.28. The van der Waals surface area contributed by atoms with Crippen LogP contribution in [0.4, 0.5) is 0 Å². The molecule has 0 unspecified atom stereocenters. The summed E-state index contributed by atoms with van der Waals surface area (Å²) in [6, 6.07) is 6.86. The van der Waals surface area contributed by atoms with Gasteiger partial charge in [0.2, 0.25) is 0 Å². The van der Waals surface area contributed by atoms with Crippen LogP contribution in [-0.4, -0.2) is 20.9 Å². The van der Waals surface area contributed by atoms with E-state index in [1.54, 1.807) is 24.3 Å². The highest BCUT2D eigenvalue weighted by molar-refractivity contribution is 6.33. The smallest absolute Gasteiger partial charge is 0.340 e. The van der Waals surface area contributed by atoms with Crippen LogP contribution in [0.1, 0.15) is 35.8 Å². The van der Waals surface area contributed by atoms with Crippen LogP contribution in [0.15, 0.2) is 24.3 Å². The van der Waals surface area contributed by atoms with Gasteiger partial charge >= 0.3 is 5.97 Å². The Hall–Kier alpha value is -1.52. The third kappa shape index (κ3) is 2.60. The van der Waals surface area contributed by atoms with E-state index in [0.717, 1.165) is 0 Å².